The van der Waals surface area contributed by atoms with Gasteiger partial charge in [-0.15, -0.1) is 0 Å². The molecule has 8 heteroatoms. The number of imidazole rings is 1. The second kappa shape index (κ2) is 10.5. The largest absolute Gasteiger partial charge is 0.390 e. The third-order valence-electron chi connectivity index (χ3n) is 7.62. The predicted octanol–water partition coefficient (Wildman–Crippen LogP) is 5.43. The van der Waals surface area contributed by atoms with E-state index in [2.05, 4.69) is 14.9 Å². The molecule has 37 heavy (non-hydrogen) atoms. The Kier molecular flexibility index (Phi) is 7.11. The van der Waals surface area contributed by atoms with E-state index in [0.29, 0.717) is 17.6 Å². The van der Waals surface area contributed by atoms with Gasteiger partial charge in [0, 0.05) is 19.6 Å². The zero-order valence-electron chi connectivity index (χ0n) is 21.5. The molecule has 1 unspecified atom stereocenters. The third-order valence-corrected chi connectivity index (χ3v) is 7.62. The minimum atomic E-state index is -0.646. The second-order valence-corrected chi connectivity index (χ2v) is 10.6. The van der Waals surface area contributed by atoms with Gasteiger partial charge in [0.05, 0.1) is 29.2 Å². The number of halogens is 1. The van der Waals surface area contributed by atoms with E-state index >= 15 is 0 Å². The third kappa shape index (κ3) is 5.74. The number of nitrogens with zero attached hydrogens (tertiary/aromatic N) is 4. The van der Waals surface area contributed by atoms with Gasteiger partial charge in [-0.2, -0.15) is 0 Å². The van der Waals surface area contributed by atoms with Crippen LogP contribution in [0.1, 0.15) is 57.0 Å². The van der Waals surface area contributed by atoms with Crippen molar-refractivity contribution in [2.45, 2.75) is 51.2 Å². The minimum absolute atomic E-state index is 0.0143. The Morgan fingerprint density at radius 1 is 1.14 bits per heavy atom. The number of benzene rings is 1. The van der Waals surface area contributed by atoms with E-state index in [1.807, 2.05) is 43.0 Å². The Labute approximate surface area is 217 Å². The van der Waals surface area contributed by atoms with Gasteiger partial charge in [0.1, 0.15) is 23.3 Å². The molecule has 4 heterocycles. The van der Waals surface area contributed by atoms with Crippen molar-refractivity contribution in [3.05, 3.63) is 71.9 Å². The van der Waals surface area contributed by atoms with E-state index in [1.165, 1.54) is 6.07 Å². The molecule has 0 bridgehead atoms. The van der Waals surface area contributed by atoms with Crippen molar-refractivity contribution in [1.82, 2.24) is 19.9 Å². The number of anilines is 1. The molecule has 2 aliphatic heterocycles. The average Bonchev–Trinajstić information content (AvgIpc) is 3.57. The molecule has 1 atom stereocenters. The van der Waals surface area contributed by atoms with Gasteiger partial charge < -0.3 is 19.9 Å². The Bertz CT molecular complexity index is 1270. The number of amidine groups is 1. The maximum absolute atomic E-state index is 13.7. The van der Waals surface area contributed by atoms with Crippen molar-refractivity contribution in [2.75, 3.05) is 24.5 Å². The zero-order valence-corrected chi connectivity index (χ0v) is 21.5. The van der Waals surface area contributed by atoms with E-state index in [4.69, 9.17) is 10.4 Å². The quantitative estimate of drug-likeness (QED) is 0.309. The maximum Gasteiger partial charge on any atom is 0.130 e. The molecule has 7 nitrogen and oxygen atoms in total. The first-order chi connectivity index (χ1) is 17.8. The van der Waals surface area contributed by atoms with E-state index in [1.54, 1.807) is 30.5 Å². The molecule has 0 saturated carbocycles. The Hall–Kier alpha value is -3.52. The number of likely N-dealkylation sites (tertiary alicyclic amines) is 1. The van der Waals surface area contributed by atoms with Crippen molar-refractivity contribution >= 4 is 17.7 Å². The van der Waals surface area contributed by atoms with Crippen LogP contribution in [0, 0.1) is 17.1 Å². The molecule has 2 saturated heterocycles. The molecule has 5 rings (SSSR count). The van der Waals surface area contributed by atoms with Gasteiger partial charge in [-0.05, 0) is 87.4 Å². The van der Waals surface area contributed by atoms with Crippen LogP contribution >= 0.6 is 0 Å². The first-order valence-corrected chi connectivity index (χ1v) is 13.1. The lowest BCUT2D eigenvalue weighted by Gasteiger charge is -2.38. The van der Waals surface area contributed by atoms with Crippen LogP contribution in [-0.4, -0.2) is 56.0 Å². The van der Waals surface area contributed by atoms with Crippen molar-refractivity contribution in [2.24, 2.45) is 5.92 Å². The Morgan fingerprint density at radius 3 is 2.68 bits per heavy atom. The summed E-state index contributed by atoms with van der Waals surface area (Å²) in [6, 6.07) is 12.7. The zero-order chi connectivity index (χ0) is 26.0. The molecule has 0 radical (unpaired) electrons. The molecule has 2 aliphatic rings. The number of hydrogen-bond donors (Lipinski definition) is 3. The van der Waals surface area contributed by atoms with Gasteiger partial charge in [0.2, 0.25) is 0 Å². The Balaban J connectivity index is 1.24. The van der Waals surface area contributed by atoms with Crippen molar-refractivity contribution in [1.29, 1.82) is 5.41 Å². The molecule has 2 aromatic heterocycles. The normalized spacial score (nSPS) is 19.2. The Morgan fingerprint density at radius 2 is 1.92 bits per heavy atom. The monoisotopic (exact) mass is 502 g/mol. The number of aromatic amines is 1. The molecular formula is C29H35FN6O. The van der Waals surface area contributed by atoms with Crippen LogP contribution in [0.3, 0.4) is 0 Å². The molecule has 0 aliphatic carbocycles. The summed E-state index contributed by atoms with van der Waals surface area (Å²) in [6.07, 6.45) is 9.08. The number of aromatic nitrogens is 3. The lowest BCUT2D eigenvalue weighted by molar-refractivity contribution is 0.00646. The fourth-order valence-corrected chi connectivity index (χ4v) is 5.48. The molecule has 2 fully saturated rings. The fourth-order valence-electron chi connectivity index (χ4n) is 5.48. The van der Waals surface area contributed by atoms with E-state index in [9.17, 15) is 9.50 Å². The summed E-state index contributed by atoms with van der Waals surface area (Å²) in [7, 11) is 0. The lowest BCUT2D eigenvalue weighted by atomic mass is 9.83. The summed E-state index contributed by atoms with van der Waals surface area (Å²) in [6.45, 7) is 6.31. The second-order valence-electron chi connectivity index (χ2n) is 10.6. The van der Waals surface area contributed by atoms with Crippen LogP contribution in [0.25, 0.3) is 17.5 Å². The van der Waals surface area contributed by atoms with Crippen molar-refractivity contribution < 1.29 is 9.50 Å². The summed E-state index contributed by atoms with van der Waals surface area (Å²) in [5.74, 6) is 2.03. The number of piperidine rings is 1. The summed E-state index contributed by atoms with van der Waals surface area (Å²) >= 11 is 0. The van der Waals surface area contributed by atoms with Crippen molar-refractivity contribution in [3.63, 3.8) is 0 Å². The van der Waals surface area contributed by atoms with Gasteiger partial charge >= 0.3 is 0 Å². The minimum Gasteiger partial charge on any atom is -0.390 e. The number of H-pyrrole nitrogens is 1. The summed E-state index contributed by atoms with van der Waals surface area (Å²) in [4.78, 5) is 16.9. The highest BCUT2D eigenvalue weighted by Gasteiger charge is 2.31. The molecule has 0 spiro atoms. The highest BCUT2D eigenvalue weighted by Crippen LogP contribution is 2.33. The van der Waals surface area contributed by atoms with Crippen LogP contribution in [0.2, 0.25) is 0 Å². The van der Waals surface area contributed by atoms with Crippen LogP contribution in [-0.2, 0) is 0 Å². The van der Waals surface area contributed by atoms with Crippen LogP contribution in [0.5, 0.6) is 0 Å². The summed E-state index contributed by atoms with van der Waals surface area (Å²) in [5, 5.41) is 18.9. The van der Waals surface area contributed by atoms with Crippen LogP contribution < -0.4 is 4.90 Å². The fraction of sp³-hybridized carbons (Fsp3) is 0.414. The van der Waals surface area contributed by atoms with Gasteiger partial charge in [-0.25, -0.2) is 14.4 Å². The first-order valence-electron chi connectivity index (χ1n) is 13.1. The number of aliphatic hydroxyl groups is 1. The number of nitrogens with one attached hydrogen (secondary N) is 2. The molecule has 0 amide bonds. The summed E-state index contributed by atoms with van der Waals surface area (Å²) in [5.41, 5.74) is 1.90. The van der Waals surface area contributed by atoms with Crippen LogP contribution in [0.4, 0.5) is 10.2 Å². The first kappa shape index (κ1) is 25.1. The molecule has 1 aromatic carbocycles. The molecular weight excluding hydrogens is 467 g/mol. The maximum atomic E-state index is 13.7. The van der Waals surface area contributed by atoms with Gasteiger partial charge in [-0.3, -0.25) is 5.41 Å². The van der Waals surface area contributed by atoms with Gasteiger partial charge in [0.25, 0.3) is 0 Å². The number of pyridine rings is 1. The van der Waals surface area contributed by atoms with Gasteiger partial charge in [-0.1, -0.05) is 18.2 Å². The topological polar surface area (TPSA) is 92.1 Å². The highest BCUT2D eigenvalue weighted by atomic mass is 19.1. The highest BCUT2D eigenvalue weighted by molar-refractivity contribution is 5.94. The smallest absolute Gasteiger partial charge is 0.130 e. The van der Waals surface area contributed by atoms with E-state index < -0.39 is 5.60 Å². The average molecular weight is 503 g/mol. The molecule has 3 aromatic rings. The van der Waals surface area contributed by atoms with Gasteiger partial charge in [0.15, 0.2) is 0 Å². The van der Waals surface area contributed by atoms with E-state index in [-0.39, 0.29) is 11.9 Å². The molecule has 194 valence electrons. The SMILES string of the molecule is CC(C)(O)C1CCN(c2cccc(-c3cnc(C=CC(=N)N4CCCC4c4cccc(F)c4)[nH]3)n2)CC1. The number of hydrogen-bond acceptors (Lipinski definition) is 5. The molecule has 3 N–H and O–H groups in total. The summed E-state index contributed by atoms with van der Waals surface area (Å²) < 4.78 is 13.7. The lowest BCUT2D eigenvalue weighted by Crippen LogP contribution is -2.42. The number of rotatable bonds is 6. The van der Waals surface area contributed by atoms with Crippen molar-refractivity contribution in [3.8, 4) is 11.4 Å². The van der Waals surface area contributed by atoms with E-state index in [0.717, 1.165) is 68.1 Å². The standard InChI is InChI=1S/C29H35FN6O/c1-29(2,37)21-13-16-35(17-14-21)28-10-4-8-23(34-28)24-19-32-27(33-24)12-11-26(31)36-15-5-9-25(36)20-6-3-7-22(30)18-20/h3-4,6-8,10-12,18-19,21,25,31,37H,5,9,13-17H2,1-2H3,(H,32,33). The predicted molar refractivity (Wildman–Crippen MR) is 145 cm³/mol. The van der Waals surface area contributed by atoms with Crippen LogP contribution in [0.15, 0.2) is 54.7 Å².